The molecule has 3 aromatic carbocycles. The summed E-state index contributed by atoms with van der Waals surface area (Å²) in [7, 11) is 0. The molecule has 0 saturated heterocycles. The first kappa shape index (κ1) is 22.0. The maximum absolute atomic E-state index is 12.4. The van der Waals surface area contributed by atoms with Crippen LogP contribution in [0.3, 0.4) is 0 Å². The van der Waals surface area contributed by atoms with E-state index in [1.54, 1.807) is 18.2 Å². The van der Waals surface area contributed by atoms with Gasteiger partial charge in [-0.15, -0.1) is 0 Å². The van der Waals surface area contributed by atoms with Gasteiger partial charge in [0.2, 0.25) is 5.88 Å². The smallest absolute Gasteiger partial charge is 0.349 e. The number of allylic oxidation sites excluding steroid dienone is 1. The lowest BCUT2D eigenvalue weighted by molar-refractivity contribution is -0.136. The van der Waals surface area contributed by atoms with E-state index in [0.29, 0.717) is 22.8 Å². The van der Waals surface area contributed by atoms with Crippen molar-refractivity contribution in [1.29, 1.82) is 5.26 Å². The summed E-state index contributed by atoms with van der Waals surface area (Å²) in [6.07, 6.45) is 0. The van der Waals surface area contributed by atoms with E-state index in [-0.39, 0.29) is 18.4 Å². The maximum atomic E-state index is 12.4. The minimum atomic E-state index is -0.537. The van der Waals surface area contributed by atoms with Gasteiger partial charge in [0.1, 0.15) is 28.9 Å². The molecule has 0 saturated carbocycles. The fourth-order valence-corrected chi connectivity index (χ4v) is 3.92. The minimum Gasteiger partial charge on any atom is -0.481 e. The van der Waals surface area contributed by atoms with Gasteiger partial charge >= 0.3 is 5.97 Å². The van der Waals surface area contributed by atoms with E-state index in [1.807, 2.05) is 63.2 Å². The molecule has 0 amide bonds. The topological polar surface area (TPSA) is 94.6 Å². The highest BCUT2D eigenvalue weighted by Gasteiger charge is 2.31. The molecule has 6 heteroatoms. The van der Waals surface area contributed by atoms with E-state index in [4.69, 9.17) is 19.9 Å². The Morgan fingerprint density at radius 1 is 1.06 bits per heavy atom. The number of hydrogen-bond acceptors (Lipinski definition) is 6. The van der Waals surface area contributed by atoms with Gasteiger partial charge in [0, 0.05) is 11.6 Å². The van der Waals surface area contributed by atoms with Crippen LogP contribution < -0.4 is 19.9 Å². The second-order valence-electron chi connectivity index (χ2n) is 8.02. The summed E-state index contributed by atoms with van der Waals surface area (Å²) in [5.41, 5.74) is 11.1. The van der Waals surface area contributed by atoms with Crippen LogP contribution in [-0.2, 0) is 4.79 Å². The van der Waals surface area contributed by atoms with Crippen LogP contribution in [0.1, 0.15) is 33.7 Å². The maximum Gasteiger partial charge on any atom is 0.349 e. The van der Waals surface area contributed by atoms with Crippen LogP contribution in [0.15, 0.2) is 72.1 Å². The molecular weight excluding hydrogens is 416 g/mol. The summed E-state index contributed by atoms with van der Waals surface area (Å²) in [4.78, 5) is 12.4. The Morgan fingerprint density at radius 2 is 1.76 bits per heavy atom. The Bertz CT molecular complexity index is 1270. The second-order valence-corrected chi connectivity index (χ2v) is 8.02. The van der Waals surface area contributed by atoms with E-state index >= 15 is 0 Å². The van der Waals surface area contributed by atoms with E-state index in [9.17, 15) is 10.1 Å². The van der Waals surface area contributed by atoms with Gasteiger partial charge in [-0.25, -0.2) is 4.79 Å². The highest BCUT2D eigenvalue weighted by molar-refractivity contribution is 5.74. The van der Waals surface area contributed by atoms with Gasteiger partial charge in [0.05, 0.1) is 5.92 Å². The molecule has 33 heavy (non-hydrogen) atoms. The number of ether oxygens (including phenoxy) is 3. The van der Waals surface area contributed by atoms with Crippen LogP contribution >= 0.6 is 0 Å². The standard InChI is InChI=1S/C27H24N2O4/c1-16-7-9-19(10-8-16)25-21-12-11-20(13-23(21)33-27(29)22(25)14-28)32-24(30)15-31-26-17(2)5-4-6-18(26)3/h4-13,25H,15,29H2,1-3H3. The molecule has 1 aliphatic heterocycles. The fraction of sp³-hybridized carbons (Fsp3) is 0.185. The molecule has 1 unspecified atom stereocenters. The highest BCUT2D eigenvalue weighted by Crippen LogP contribution is 2.43. The molecule has 0 bridgehead atoms. The number of aryl methyl sites for hydroxylation is 3. The zero-order chi connectivity index (χ0) is 23.5. The van der Waals surface area contributed by atoms with E-state index in [0.717, 1.165) is 27.8 Å². The number of nitrogens with zero attached hydrogens (tertiary/aromatic N) is 1. The molecule has 1 aliphatic rings. The van der Waals surface area contributed by atoms with Gasteiger partial charge in [-0.3, -0.25) is 0 Å². The van der Waals surface area contributed by atoms with Gasteiger partial charge in [-0.1, -0.05) is 54.1 Å². The summed E-state index contributed by atoms with van der Waals surface area (Å²) in [6.45, 7) is 5.62. The zero-order valence-electron chi connectivity index (χ0n) is 18.7. The molecule has 1 atom stereocenters. The van der Waals surface area contributed by atoms with Crippen molar-refractivity contribution in [3.8, 4) is 23.3 Å². The van der Waals surface area contributed by atoms with Crippen molar-refractivity contribution in [3.63, 3.8) is 0 Å². The van der Waals surface area contributed by atoms with Crippen molar-refractivity contribution < 1.29 is 19.0 Å². The second kappa shape index (κ2) is 9.09. The Balaban J connectivity index is 1.55. The molecule has 0 aliphatic carbocycles. The molecule has 6 nitrogen and oxygen atoms in total. The summed E-state index contributed by atoms with van der Waals surface area (Å²) in [5.74, 6) is 0.558. The number of carbonyl (C=O) groups excluding carboxylic acids is 1. The molecule has 166 valence electrons. The molecule has 0 radical (unpaired) electrons. The first-order valence-corrected chi connectivity index (χ1v) is 10.5. The third-order valence-electron chi connectivity index (χ3n) is 5.58. The number of nitriles is 1. The van der Waals surface area contributed by atoms with Gasteiger partial charge < -0.3 is 19.9 Å². The minimum absolute atomic E-state index is 0.0393. The van der Waals surface area contributed by atoms with Gasteiger partial charge in [0.15, 0.2) is 6.61 Å². The molecular formula is C27H24N2O4. The molecule has 3 aromatic rings. The lowest BCUT2D eigenvalue weighted by Crippen LogP contribution is -2.22. The average molecular weight is 440 g/mol. The number of esters is 1. The Morgan fingerprint density at radius 3 is 2.42 bits per heavy atom. The van der Waals surface area contributed by atoms with Crippen molar-refractivity contribution >= 4 is 5.97 Å². The van der Waals surface area contributed by atoms with Crippen LogP contribution in [0.2, 0.25) is 0 Å². The first-order valence-electron chi connectivity index (χ1n) is 10.5. The summed E-state index contributed by atoms with van der Waals surface area (Å²) < 4.78 is 16.8. The number of nitrogens with two attached hydrogens (primary N) is 1. The molecule has 0 fully saturated rings. The summed E-state index contributed by atoms with van der Waals surface area (Å²) in [6, 6.07) is 20.9. The number of carbonyl (C=O) groups is 1. The summed E-state index contributed by atoms with van der Waals surface area (Å²) >= 11 is 0. The lowest BCUT2D eigenvalue weighted by atomic mass is 9.83. The van der Waals surface area contributed by atoms with Crippen molar-refractivity contribution in [2.75, 3.05) is 6.61 Å². The van der Waals surface area contributed by atoms with Crippen LogP contribution in [0.4, 0.5) is 0 Å². The third-order valence-corrected chi connectivity index (χ3v) is 5.58. The van der Waals surface area contributed by atoms with Crippen molar-refractivity contribution in [2.45, 2.75) is 26.7 Å². The van der Waals surface area contributed by atoms with Crippen molar-refractivity contribution in [1.82, 2.24) is 0 Å². The number of fused-ring (bicyclic) bond motifs is 1. The quantitative estimate of drug-likeness (QED) is 0.452. The van der Waals surface area contributed by atoms with E-state index < -0.39 is 5.97 Å². The largest absolute Gasteiger partial charge is 0.481 e. The van der Waals surface area contributed by atoms with Crippen LogP contribution in [0, 0.1) is 32.1 Å². The lowest BCUT2D eigenvalue weighted by Gasteiger charge is -2.26. The number of benzene rings is 3. The average Bonchev–Trinajstić information content (AvgIpc) is 2.78. The Labute approximate surface area is 192 Å². The highest BCUT2D eigenvalue weighted by atomic mass is 16.6. The van der Waals surface area contributed by atoms with Gasteiger partial charge in [-0.2, -0.15) is 5.26 Å². The monoisotopic (exact) mass is 440 g/mol. The van der Waals surface area contributed by atoms with Crippen LogP contribution in [-0.4, -0.2) is 12.6 Å². The number of hydrogen-bond donors (Lipinski definition) is 1. The first-order chi connectivity index (χ1) is 15.9. The molecule has 4 rings (SSSR count). The van der Waals surface area contributed by atoms with Crippen molar-refractivity contribution in [3.05, 3.63) is 99.9 Å². The zero-order valence-corrected chi connectivity index (χ0v) is 18.7. The Kier molecular flexibility index (Phi) is 6.05. The predicted octanol–water partition coefficient (Wildman–Crippen LogP) is 4.81. The fourth-order valence-electron chi connectivity index (χ4n) is 3.92. The normalized spacial score (nSPS) is 14.7. The molecule has 0 spiro atoms. The third kappa shape index (κ3) is 4.53. The van der Waals surface area contributed by atoms with Gasteiger partial charge in [-0.05, 0) is 43.5 Å². The number of para-hydroxylation sites is 1. The molecule has 1 heterocycles. The van der Waals surface area contributed by atoms with E-state index in [2.05, 4.69) is 6.07 Å². The van der Waals surface area contributed by atoms with Crippen molar-refractivity contribution in [2.24, 2.45) is 5.73 Å². The van der Waals surface area contributed by atoms with Gasteiger partial charge in [0.25, 0.3) is 0 Å². The summed E-state index contributed by atoms with van der Waals surface area (Å²) in [5, 5.41) is 9.69. The predicted molar refractivity (Wildman–Crippen MR) is 124 cm³/mol. The van der Waals surface area contributed by atoms with Crippen LogP contribution in [0.5, 0.6) is 17.2 Å². The number of rotatable bonds is 5. The van der Waals surface area contributed by atoms with E-state index in [1.165, 1.54) is 0 Å². The molecule has 2 N–H and O–H groups in total. The Hall–Kier alpha value is -4.24. The SMILES string of the molecule is Cc1ccc(C2C(C#N)=C(N)Oc3cc(OC(=O)COc4c(C)cccc4C)ccc32)cc1. The molecule has 0 aromatic heterocycles. The van der Waals surface area contributed by atoms with Crippen LogP contribution in [0.25, 0.3) is 0 Å².